The third kappa shape index (κ3) is 1.04. The van der Waals surface area contributed by atoms with Gasteiger partial charge in [-0.15, -0.1) is 0 Å². The molecule has 0 N–H and O–H groups in total. The van der Waals surface area contributed by atoms with E-state index in [1.165, 1.54) is 0 Å². The summed E-state index contributed by atoms with van der Waals surface area (Å²) in [6.07, 6.45) is 7.77. The Balaban J connectivity index is 2.59. The molecule has 0 bridgehead atoms. The average molecular weight is 130 g/mol. The third-order valence-electron chi connectivity index (χ3n) is 1.12. The van der Waals surface area contributed by atoms with Gasteiger partial charge in [0, 0.05) is 18.0 Å². The van der Waals surface area contributed by atoms with E-state index in [2.05, 4.69) is 0 Å². The molecule has 1 atom stereocenters. The van der Waals surface area contributed by atoms with Crippen LogP contribution in [0.1, 0.15) is 6.92 Å². The summed E-state index contributed by atoms with van der Waals surface area (Å²) in [5.41, 5.74) is 0. The van der Waals surface area contributed by atoms with E-state index in [1.54, 1.807) is 4.42 Å². The van der Waals surface area contributed by atoms with Crippen molar-refractivity contribution in [1.29, 1.82) is 0 Å². The molecule has 0 saturated heterocycles. The van der Waals surface area contributed by atoms with E-state index >= 15 is 0 Å². The predicted octanol–water partition coefficient (Wildman–Crippen LogP) is 1.91. The van der Waals surface area contributed by atoms with Crippen molar-refractivity contribution in [3.63, 3.8) is 0 Å². The molecule has 0 aromatic rings. The highest BCUT2D eigenvalue weighted by atomic mass is 35.5. The molecule has 44 valence electrons. The SMILES string of the molecule is CC1C=CC=CN1Cl. The largest absolute Gasteiger partial charge is 0.286 e. The number of halogens is 1. The maximum atomic E-state index is 5.66. The molecule has 0 fully saturated rings. The lowest BCUT2D eigenvalue weighted by molar-refractivity contribution is 0.532. The first-order valence-electron chi connectivity index (χ1n) is 2.60. The summed E-state index contributed by atoms with van der Waals surface area (Å²) in [6.45, 7) is 2.03. The smallest absolute Gasteiger partial charge is 0.0607 e. The standard InChI is InChI=1S/C6H8ClN/c1-6-4-2-3-5-8(6)7/h2-6H,1H3. The van der Waals surface area contributed by atoms with Crippen molar-refractivity contribution in [3.8, 4) is 0 Å². The molecule has 1 unspecified atom stereocenters. The Labute approximate surface area is 54.4 Å². The summed E-state index contributed by atoms with van der Waals surface area (Å²) in [6, 6.07) is 0.335. The number of rotatable bonds is 0. The van der Waals surface area contributed by atoms with Gasteiger partial charge in [0.2, 0.25) is 0 Å². The first kappa shape index (κ1) is 5.70. The fraction of sp³-hybridized carbons (Fsp3) is 0.333. The fourth-order valence-corrected chi connectivity index (χ4v) is 0.705. The van der Waals surface area contributed by atoms with Gasteiger partial charge in [-0.25, -0.2) is 0 Å². The molecule has 0 radical (unpaired) electrons. The van der Waals surface area contributed by atoms with E-state index in [9.17, 15) is 0 Å². The van der Waals surface area contributed by atoms with Crippen molar-refractivity contribution >= 4 is 11.8 Å². The van der Waals surface area contributed by atoms with Gasteiger partial charge in [-0.3, -0.25) is 4.42 Å². The van der Waals surface area contributed by atoms with Gasteiger partial charge in [-0.05, 0) is 13.0 Å². The summed E-state index contributed by atoms with van der Waals surface area (Å²) >= 11 is 5.66. The van der Waals surface area contributed by atoms with E-state index in [4.69, 9.17) is 11.8 Å². The lowest BCUT2D eigenvalue weighted by Crippen LogP contribution is -2.17. The van der Waals surface area contributed by atoms with Gasteiger partial charge in [-0.1, -0.05) is 12.2 Å². The minimum absolute atomic E-state index is 0.335. The fourth-order valence-electron chi connectivity index (χ4n) is 0.575. The summed E-state index contributed by atoms with van der Waals surface area (Å²) in [5.74, 6) is 0. The molecule has 0 aliphatic carbocycles. The zero-order chi connectivity index (χ0) is 5.98. The van der Waals surface area contributed by atoms with Crippen LogP contribution in [0.5, 0.6) is 0 Å². The number of nitrogens with zero attached hydrogens (tertiary/aromatic N) is 1. The van der Waals surface area contributed by atoms with E-state index in [0.29, 0.717) is 6.04 Å². The number of allylic oxidation sites excluding steroid dienone is 2. The molecular formula is C6H8ClN. The van der Waals surface area contributed by atoms with E-state index in [-0.39, 0.29) is 0 Å². The molecular weight excluding hydrogens is 122 g/mol. The molecule has 1 nitrogen and oxygen atoms in total. The van der Waals surface area contributed by atoms with Crippen molar-refractivity contribution < 1.29 is 0 Å². The van der Waals surface area contributed by atoms with Gasteiger partial charge in [0.1, 0.15) is 0 Å². The second-order valence-electron chi connectivity index (χ2n) is 1.81. The van der Waals surface area contributed by atoms with Crippen LogP contribution in [0.3, 0.4) is 0 Å². The molecule has 0 amide bonds. The lowest BCUT2D eigenvalue weighted by Gasteiger charge is -2.17. The second-order valence-corrected chi connectivity index (χ2v) is 2.20. The van der Waals surface area contributed by atoms with Gasteiger partial charge >= 0.3 is 0 Å². The van der Waals surface area contributed by atoms with Crippen LogP contribution in [0, 0.1) is 0 Å². The van der Waals surface area contributed by atoms with Crippen LogP contribution in [0.15, 0.2) is 24.4 Å². The van der Waals surface area contributed by atoms with Crippen LogP contribution in [0.4, 0.5) is 0 Å². The van der Waals surface area contributed by atoms with Crippen molar-refractivity contribution in [2.24, 2.45) is 0 Å². The predicted molar refractivity (Wildman–Crippen MR) is 35.4 cm³/mol. The molecule has 1 heterocycles. The summed E-state index contributed by atoms with van der Waals surface area (Å²) in [7, 11) is 0. The minimum Gasteiger partial charge on any atom is -0.286 e. The van der Waals surface area contributed by atoms with E-state index in [0.717, 1.165) is 0 Å². The molecule has 0 aromatic heterocycles. The monoisotopic (exact) mass is 129 g/mol. The van der Waals surface area contributed by atoms with Crippen LogP contribution >= 0.6 is 11.8 Å². The average Bonchev–Trinajstić information content (AvgIpc) is 1.77. The molecule has 1 aliphatic rings. The molecule has 1 rings (SSSR count). The van der Waals surface area contributed by atoms with Gasteiger partial charge in [0.25, 0.3) is 0 Å². The molecule has 0 saturated carbocycles. The Morgan fingerprint density at radius 1 is 1.50 bits per heavy atom. The molecule has 2 heteroatoms. The zero-order valence-corrected chi connectivity index (χ0v) is 5.47. The number of hydrogen-bond acceptors (Lipinski definition) is 1. The van der Waals surface area contributed by atoms with Crippen LogP contribution in [-0.2, 0) is 0 Å². The van der Waals surface area contributed by atoms with Crippen LogP contribution in [0.25, 0.3) is 0 Å². The Kier molecular flexibility index (Phi) is 1.59. The van der Waals surface area contributed by atoms with Gasteiger partial charge < -0.3 is 0 Å². The first-order chi connectivity index (χ1) is 3.80. The quantitative estimate of drug-likeness (QED) is 0.452. The second kappa shape index (κ2) is 2.23. The van der Waals surface area contributed by atoms with Crippen molar-refractivity contribution in [1.82, 2.24) is 4.42 Å². The van der Waals surface area contributed by atoms with Crippen molar-refractivity contribution in [2.45, 2.75) is 13.0 Å². The minimum atomic E-state index is 0.335. The van der Waals surface area contributed by atoms with Crippen molar-refractivity contribution in [2.75, 3.05) is 0 Å². The highest BCUT2D eigenvalue weighted by molar-refractivity contribution is 6.14. The summed E-state index contributed by atoms with van der Waals surface area (Å²) < 4.78 is 1.64. The Hall–Kier alpha value is -0.430. The summed E-state index contributed by atoms with van der Waals surface area (Å²) in [4.78, 5) is 0. The molecule has 0 aromatic carbocycles. The molecule has 1 aliphatic heterocycles. The molecule has 8 heavy (non-hydrogen) atoms. The highest BCUT2D eigenvalue weighted by Crippen LogP contribution is 2.08. The molecule has 0 spiro atoms. The Bertz CT molecular complexity index is 112. The summed E-state index contributed by atoms with van der Waals surface area (Å²) in [5, 5.41) is 0. The van der Waals surface area contributed by atoms with Crippen LogP contribution in [-0.4, -0.2) is 10.5 Å². The highest BCUT2D eigenvalue weighted by Gasteiger charge is 2.03. The lowest BCUT2D eigenvalue weighted by atomic mass is 10.2. The maximum Gasteiger partial charge on any atom is 0.0607 e. The number of hydrogen-bond donors (Lipinski definition) is 0. The first-order valence-corrected chi connectivity index (χ1v) is 2.93. The van der Waals surface area contributed by atoms with E-state index in [1.807, 2.05) is 31.4 Å². The normalized spacial score (nSPS) is 26.8. The Morgan fingerprint density at radius 2 is 2.25 bits per heavy atom. The topological polar surface area (TPSA) is 3.24 Å². The van der Waals surface area contributed by atoms with Crippen LogP contribution in [0.2, 0.25) is 0 Å². The van der Waals surface area contributed by atoms with E-state index < -0.39 is 0 Å². The zero-order valence-electron chi connectivity index (χ0n) is 4.71. The van der Waals surface area contributed by atoms with Crippen LogP contribution < -0.4 is 0 Å². The Morgan fingerprint density at radius 3 is 2.62 bits per heavy atom. The van der Waals surface area contributed by atoms with Crippen molar-refractivity contribution in [3.05, 3.63) is 24.4 Å². The third-order valence-corrected chi connectivity index (χ3v) is 1.54. The van der Waals surface area contributed by atoms with Gasteiger partial charge in [0.05, 0.1) is 6.04 Å². The van der Waals surface area contributed by atoms with Gasteiger partial charge in [0.15, 0.2) is 0 Å². The maximum absolute atomic E-state index is 5.66. The van der Waals surface area contributed by atoms with Gasteiger partial charge in [-0.2, -0.15) is 0 Å².